The number of nitrogens with one attached hydrogen (secondary N) is 1. The first kappa shape index (κ1) is 12.4. The Morgan fingerprint density at radius 1 is 1.33 bits per heavy atom. The number of anilines is 1. The Bertz CT molecular complexity index is 555. The molecule has 2 rings (SSSR count). The standard InChI is InChI=1S/C13H16N4O/c1-9(8-14)6-13(18)17-10-2-3-11-12(7-10)16-5-4-15-11/h2-5,7,9H,6,8,14H2,1H3,(H,17,18). The van der Waals surface area contributed by atoms with E-state index >= 15 is 0 Å². The van der Waals surface area contributed by atoms with Crippen molar-refractivity contribution in [3.05, 3.63) is 30.6 Å². The van der Waals surface area contributed by atoms with Gasteiger partial charge in [-0.05, 0) is 30.7 Å². The summed E-state index contributed by atoms with van der Waals surface area (Å²) in [6.45, 7) is 2.46. The molecule has 94 valence electrons. The molecular formula is C13H16N4O. The fourth-order valence-corrected chi connectivity index (χ4v) is 1.65. The summed E-state index contributed by atoms with van der Waals surface area (Å²) in [5, 5.41) is 2.84. The minimum Gasteiger partial charge on any atom is -0.330 e. The predicted molar refractivity (Wildman–Crippen MR) is 71.0 cm³/mol. The van der Waals surface area contributed by atoms with E-state index in [0.29, 0.717) is 13.0 Å². The maximum absolute atomic E-state index is 11.7. The lowest BCUT2D eigenvalue weighted by molar-refractivity contribution is -0.116. The third kappa shape index (κ3) is 3.01. The second-order valence-corrected chi connectivity index (χ2v) is 4.35. The molecule has 0 spiro atoms. The van der Waals surface area contributed by atoms with Crippen molar-refractivity contribution in [2.45, 2.75) is 13.3 Å². The molecule has 0 aliphatic carbocycles. The Morgan fingerprint density at radius 3 is 2.78 bits per heavy atom. The smallest absolute Gasteiger partial charge is 0.224 e. The SMILES string of the molecule is CC(CN)CC(=O)Nc1ccc2nccnc2c1. The van der Waals surface area contributed by atoms with Crippen molar-refractivity contribution in [1.29, 1.82) is 0 Å². The third-order valence-corrected chi connectivity index (χ3v) is 2.69. The molecule has 3 N–H and O–H groups in total. The number of hydrogen-bond donors (Lipinski definition) is 2. The van der Waals surface area contributed by atoms with Crippen molar-refractivity contribution in [3.63, 3.8) is 0 Å². The van der Waals surface area contributed by atoms with Crippen LogP contribution in [0.4, 0.5) is 5.69 Å². The van der Waals surface area contributed by atoms with Crippen LogP contribution < -0.4 is 11.1 Å². The second kappa shape index (κ2) is 5.55. The van der Waals surface area contributed by atoms with Gasteiger partial charge in [0.05, 0.1) is 11.0 Å². The monoisotopic (exact) mass is 244 g/mol. The number of benzene rings is 1. The van der Waals surface area contributed by atoms with Crippen LogP contribution in [-0.2, 0) is 4.79 Å². The zero-order valence-corrected chi connectivity index (χ0v) is 10.3. The molecule has 0 saturated carbocycles. The Hall–Kier alpha value is -2.01. The van der Waals surface area contributed by atoms with Crippen molar-refractivity contribution in [1.82, 2.24) is 9.97 Å². The van der Waals surface area contributed by atoms with E-state index in [1.165, 1.54) is 0 Å². The Kier molecular flexibility index (Phi) is 3.84. The molecule has 0 fully saturated rings. The highest BCUT2D eigenvalue weighted by Gasteiger charge is 2.08. The first-order valence-corrected chi connectivity index (χ1v) is 5.89. The van der Waals surface area contributed by atoms with Crippen LogP contribution in [0.15, 0.2) is 30.6 Å². The van der Waals surface area contributed by atoms with E-state index in [2.05, 4.69) is 15.3 Å². The highest BCUT2D eigenvalue weighted by molar-refractivity contribution is 5.92. The topological polar surface area (TPSA) is 80.9 Å². The predicted octanol–water partition coefficient (Wildman–Crippen LogP) is 1.55. The summed E-state index contributed by atoms with van der Waals surface area (Å²) < 4.78 is 0. The van der Waals surface area contributed by atoms with E-state index in [4.69, 9.17) is 5.73 Å². The normalized spacial score (nSPS) is 12.3. The van der Waals surface area contributed by atoms with Crippen LogP contribution in [0.3, 0.4) is 0 Å². The summed E-state index contributed by atoms with van der Waals surface area (Å²) in [6, 6.07) is 5.47. The molecule has 5 heteroatoms. The number of carbonyl (C=O) groups is 1. The lowest BCUT2D eigenvalue weighted by atomic mass is 10.1. The number of fused-ring (bicyclic) bond motifs is 1. The molecule has 5 nitrogen and oxygen atoms in total. The van der Waals surface area contributed by atoms with E-state index in [1.54, 1.807) is 12.4 Å². The molecule has 0 bridgehead atoms. The van der Waals surface area contributed by atoms with Crippen molar-refractivity contribution in [2.24, 2.45) is 11.7 Å². The van der Waals surface area contributed by atoms with Crippen molar-refractivity contribution < 1.29 is 4.79 Å². The molecule has 18 heavy (non-hydrogen) atoms. The highest BCUT2D eigenvalue weighted by atomic mass is 16.1. The first-order chi connectivity index (χ1) is 8.69. The van der Waals surface area contributed by atoms with E-state index in [0.717, 1.165) is 16.7 Å². The van der Waals surface area contributed by atoms with Gasteiger partial charge in [-0.1, -0.05) is 6.92 Å². The van der Waals surface area contributed by atoms with Gasteiger partial charge in [0.2, 0.25) is 5.91 Å². The van der Waals surface area contributed by atoms with E-state index in [1.807, 2.05) is 25.1 Å². The van der Waals surface area contributed by atoms with E-state index in [-0.39, 0.29) is 11.8 Å². The van der Waals surface area contributed by atoms with Crippen molar-refractivity contribution in [2.75, 3.05) is 11.9 Å². The minimum absolute atomic E-state index is 0.0313. The average molecular weight is 244 g/mol. The largest absolute Gasteiger partial charge is 0.330 e. The molecule has 1 atom stereocenters. The molecular weight excluding hydrogens is 228 g/mol. The van der Waals surface area contributed by atoms with Crippen LogP contribution in [-0.4, -0.2) is 22.4 Å². The zero-order valence-electron chi connectivity index (χ0n) is 10.3. The van der Waals surface area contributed by atoms with Crippen LogP contribution >= 0.6 is 0 Å². The summed E-state index contributed by atoms with van der Waals surface area (Å²) in [5.74, 6) is 0.154. The molecule has 1 unspecified atom stereocenters. The molecule has 0 saturated heterocycles. The van der Waals surface area contributed by atoms with Crippen molar-refractivity contribution in [3.8, 4) is 0 Å². The van der Waals surface area contributed by atoms with Crippen LogP contribution in [0.1, 0.15) is 13.3 Å². The summed E-state index contributed by atoms with van der Waals surface area (Å²) in [6.07, 6.45) is 3.70. The Balaban J connectivity index is 2.10. The molecule has 1 aromatic carbocycles. The Labute approximate surface area is 105 Å². The number of nitrogens with zero attached hydrogens (tertiary/aromatic N) is 2. The van der Waals surface area contributed by atoms with Gasteiger partial charge in [0.25, 0.3) is 0 Å². The van der Waals surface area contributed by atoms with Gasteiger partial charge < -0.3 is 11.1 Å². The number of amides is 1. The Morgan fingerprint density at radius 2 is 2.06 bits per heavy atom. The van der Waals surface area contributed by atoms with Crippen LogP contribution in [0, 0.1) is 5.92 Å². The fourth-order valence-electron chi connectivity index (χ4n) is 1.65. The molecule has 0 aliphatic rings. The minimum atomic E-state index is -0.0313. The number of nitrogens with two attached hydrogens (primary N) is 1. The van der Waals surface area contributed by atoms with Crippen LogP contribution in [0.25, 0.3) is 11.0 Å². The van der Waals surface area contributed by atoms with Gasteiger partial charge in [-0.15, -0.1) is 0 Å². The number of carbonyl (C=O) groups excluding carboxylic acids is 1. The summed E-state index contributed by atoms with van der Waals surface area (Å²) in [5.41, 5.74) is 7.80. The summed E-state index contributed by atoms with van der Waals surface area (Å²) in [4.78, 5) is 20.1. The number of rotatable bonds is 4. The molecule has 1 heterocycles. The maximum atomic E-state index is 11.7. The summed E-state index contributed by atoms with van der Waals surface area (Å²) in [7, 11) is 0. The average Bonchev–Trinajstić information content (AvgIpc) is 2.38. The van der Waals surface area contributed by atoms with Gasteiger partial charge in [-0.2, -0.15) is 0 Å². The van der Waals surface area contributed by atoms with Gasteiger partial charge >= 0.3 is 0 Å². The van der Waals surface area contributed by atoms with Gasteiger partial charge in [0.1, 0.15) is 0 Å². The van der Waals surface area contributed by atoms with Crippen LogP contribution in [0.5, 0.6) is 0 Å². The quantitative estimate of drug-likeness (QED) is 0.855. The lowest BCUT2D eigenvalue weighted by Gasteiger charge is -2.09. The zero-order chi connectivity index (χ0) is 13.0. The molecule has 2 aromatic rings. The van der Waals surface area contributed by atoms with Crippen molar-refractivity contribution >= 4 is 22.6 Å². The van der Waals surface area contributed by atoms with Gasteiger partial charge in [0.15, 0.2) is 0 Å². The lowest BCUT2D eigenvalue weighted by Crippen LogP contribution is -2.20. The van der Waals surface area contributed by atoms with Gasteiger partial charge in [-0.25, -0.2) is 0 Å². The second-order valence-electron chi connectivity index (χ2n) is 4.35. The van der Waals surface area contributed by atoms with E-state index < -0.39 is 0 Å². The van der Waals surface area contributed by atoms with Gasteiger partial charge in [0, 0.05) is 24.5 Å². The third-order valence-electron chi connectivity index (χ3n) is 2.69. The van der Waals surface area contributed by atoms with E-state index in [9.17, 15) is 4.79 Å². The van der Waals surface area contributed by atoms with Crippen LogP contribution in [0.2, 0.25) is 0 Å². The molecule has 1 amide bonds. The number of hydrogen-bond acceptors (Lipinski definition) is 4. The first-order valence-electron chi connectivity index (χ1n) is 5.89. The number of aromatic nitrogens is 2. The van der Waals surface area contributed by atoms with Gasteiger partial charge in [-0.3, -0.25) is 14.8 Å². The summed E-state index contributed by atoms with van der Waals surface area (Å²) >= 11 is 0. The molecule has 1 aromatic heterocycles. The highest BCUT2D eigenvalue weighted by Crippen LogP contribution is 2.15. The maximum Gasteiger partial charge on any atom is 0.224 e. The fraction of sp³-hybridized carbons (Fsp3) is 0.308. The molecule has 0 radical (unpaired) electrons. The molecule has 0 aliphatic heterocycles.